The van der Waals surface area contributed by atoms with Crippen molar-refractivity contribution in [1.82, 2.24) is 15.0 Å². The SMILES string of the molecule is N=C1/C(=N\Nc2ccccc2)C=Cc2ccc3cc(-c4nc(-c5ccccc5)nc(-c5ccc6c(c5)oc5ccccc56)n4)ccc3c21. The van der Waals surface area contributed by atoms with Gasteiger partial charge in [0.1, 0.15) is 16.9 Å². The van der Waals surface area contributed by atoms with Gasteiger partial charge in [0.25, 0.3) is 0 Å². The van der Waals surface area contributed by atoms with Gasteiger partial charge in [-0.15, -0.1) is 0 Å². The van der Waals surface area contributed by atoms with E-state index in [1.807, 2.05) is 121 Å². The van der Waals surface area contributed by atoms with Gasteiger partial charge in [0.2, 0.25) is 0 Å². The van der Waals surface area contributed by atoms with Crippen LogP contribution in [0.1, 0.15) is 11.1 Å². The largest absolute Gasteiger partial charge is 0.456 e. The molecule has 0 atom stereocenters. The van der Waals surface area contributed by atoms with Gasteiger partial charge < -0.3 is 4.42 Å². The lowest BCUT2D eigenvalue weighted by Gasteiger charge is -2.17. The van der Waals surface area contributed by atoms with E-state index in [1.165, 1.54) is 0 Å². The topological polar surface area (TPSA) is 100 Å². The summed E-state index contributed by atoms with van der Waals surface area (Å²) >= 11 is 0. The fourth-order valence-corrected chi connectivity index (χ4v) is 6.23. The second-order valence-corrected chi connectivity index (χ2v) is 11.6. The van der Waals surface area contributed by atoms with Crippen LogP contribution in [0, 0.1) is 5.41 Å². The van der Waals surface area contributed by atoms with Crippen LogP contribution in [0.4, 0.5) is 5.69 Å². The Kier molecular flexibility index (Phi) is 6.47. The van der Waals surface area contributed by atoms with Gasteiger partial charge >= 0.3 is 0 Å². The van der Waals surface area contributed by atoms with Crippen LogP contribution >= 0.6 is 0 Å². The van der Waals surface area contributed by atoms with Crippen molar-refractivity contribution in [3.8, 4) is 34.2 Å². The number of allylic oxidation sites excluding steroid dienone is 1. The molecule has 0 amide bonds. The van der Waals surface area contributed by atoms with E-state index in [4.69, 9.17) is 24.8 Å². The number of furan rings is 1. The number of para-hydroxylation sites is 2. The molecule has 6 aromatic carbocycles. The second-order valence-electron chi connectivity index (χ2n) is 11.6. The predicted molar refractivity (Wildman–Crippen MR) is 194 cm³/mol. The molecule has 2 heterocycles. The Bertz CT molecular complexity index is 2600. The standard InChI is InChI=1S/C41H26N6O/c42-38-34(47-46-30-11-5-2-6-12-30)22-19-25-15-16-27-23-28(17-20-31(27)37(25)38)40-43-39(26-9-3-1-4-10-26)44-41(45-40)29-18-21-33-32-13-7-8-14-35(32)48-36(33)24-29/h1-24,42,46H/b42-38?,47-34-. The van der Waals surface area contributed by atoms with E-state index in [-0.39, 0.29) is 0 Å². The number of hydrazone groups is 1. The van der Waals surface area contributed by atoms with Gasteiger partial charge in [0.15, 0.2) is 17.5 Å². The Balaban J connectivity index is 1.14. The first-order valence-electron chi connectivity index (χ1n) is 15.6. The van der Waals surface area contributed by atoms with Crippen molar-refractivity contribution in [2.24, 2.45) is 5.10 Å². The fourth-order valence-electron chi connectivity index (χ4n) is 6.23. The first-order chi connectivity index (χ1) is 23.7. The summed E-state index contributed by atoms with van der Waals surface area (Å²) in [4.78, 5) is 14.9. The van der Waals surface area contributed by atoms with Crippen molar-refractivity contribution >= 4 is 55.9 Å². The molecule has 1 aliphatic rings. The molecule has 0 spiro atoms. The van der Waals surface area contributed by atoms with E-state index in [1.54, 1.807) is 0 Å². The fraction of sp³-hybridized carbons (Fsp3) is 0. The maximum Gasteiger partial charge on any atom is 0.164 e. The first kappa shape index (κ1) is 27.6. The number of fused-ring (bicyclic) bond motifs is 6. The Morgan fingerprint density at radius 1 is 0.542 bits per heavy atom. The number of rotatable bonds is 5. The smallest absolute Gasteiger partial charge is 0.164 e. The summed E-state index contributed by atoms with van der Waals surface area (Å²) in [6.45, 7) is 0. The number of nitrogens with one attached hydrogen (secondary N) is 2. The van der Waals surface area contributed by atoms with Crippen LogP contribution in [0.15, 0.2) is 149 Å². The summed E-state index contributed by atoms with van der Waals surface area (Å²) < 4.78 is 6.19. The lowest BCUT2D eigenvalue weighted by Crippen LogP contribution is -2.18. The van der Waals surface area contributed by atoms with Crippen molar-refractivity contribution in [1.29, 1.82) is 5.41 Å². The number of hydrogen-bond acceptors (Lipinski definition) is 7. The van der Waals surface area contributed by atoms with Gasteiger partial charge in [-0.25, -0.2) is 15.0 Å². The molecule has 0 saturated carbocycles. The monoisotopic (exact) mass is 618 g/mol. The van der Waals surface area contributed by atoms with Crippen LogP contribution in [0.25, 0.3) is 73.0 Å². The maximum atomic E-state index is 9.07. The lowest BCUT2D eigenvalue weighted by molar-refractivity contribution is 0.669. The predicted octanol–water partition coefficient (Wildman–Crippen LogP) is 9.79. The van der Waals surface area contributed by atoms with Crippen molar-refractivity contribution in [3.63, 3.8) is 0 Å². The summed E-state index contributed by atoms with van der Waals surface area (Å²) in [5, 5.41) is 17.7. The number of aromatic nitrogens is 3. The van der Waals surface area contributed by atoms with Crippen LogP contribution in [0.2, 0.25) is 0 Å². The zero-order valence-electron chi connectivity index (χ0n) is 25.6. The third kappa shape index (κ3) is 4.82. The average molecular weight is 619 g/mol. The van der Waals surface area contributed by atoms with Crippen molar-refractivity contribution in [2.45, 2.75) is 0 Å². The van der Waals surface area contributed by atoms with Crippen LogP contribution in [0.5, 0.6) is 0 Å². The third-order valence-electron chi connectivity index (χ3n) is 8.62. The van der Waals surface area contributed by atoms with Crippen molar-refractivity contribution in [3.05, 3.63) is 151 Å². The van der Waals surface area contributed by atoms with Crippen molar-refractivity contribution in [2.75, 3.05) is 5.43 Å². The second kappa shape index (κ2) is 11.3. The molecule has 7 nitrogen and oxygen atoms in total. The highest BCUT2D eigenvalue weighted by Crippen LogP contribution is 2.34. The summed E-state index contributed by atoms with van der Waals surface area (Å²) in [5.41, 5.74) is 10.9. The molecule has 8 aromatic rings. The minimum atomic E-state index is 0.365. The Labute approximate surface area is 275 Å². The highest BCUT2D eigenvalue weighted by atomic mass is 16.3. The molecule has 2 aromatic heterocycles. The minimum Gasteiger partial charge on any atom is -0.456 e. The molecule has 0 bridgehead atoms. The average Bonchev–Trinajstić information content (AvgIpc) is 3.53. The van der Waals surface area contributed by atoms with E-state index in [2.05, 4.69) is 34.8 Å². The summed E-state index contributed by atoms with van der Waals surface area (Å²) in [6, 6.07) is 44.1. The molecule has 0 fully saturated rings. The van der Waals surface area contributed by atoms with Crippen LogP contribution in [-0.2, 0) is 0 Å². The molecule has 0 radical (unpaired) electrons. The molecule has 7 heteroatoms. The van der Waals surface area contributed by atoms with Crippen molar-refractivity contribution < 1.29 is 4.42 Å². The quantitative estimate of drug-likeness (QED) is 0.187. The van der Waals surface area contributed by atoms with E-state index in [0.29, 0.717) is 28.9 Å². The molecular weight excluding hydrogens is 592 g/mol. The number of nitrogens with zero attached hydrogens (tertiary/aromatic N) is 4. The van der Waals surface area contributed by atoms with Gasteiger partial charge in [0.05, 0.1) is 11.4 Å². The Morgan fingerprint density at radius 3 is 1.98 bits per heavy atom. The normalized spacial score (nSPS) is 13.4. The maximum absolute atomic E-state index is 9.07. The van der Waals surface area contributed by atoms with Gasteiger partial charge in [-0.1, -0.05) is 103 Å². The molecule has 0 unspecified atom stereocenters. The summed E-state index contributed by atoms with van der Waals surface area (Å²) in [5.74, 6) is 1.71. The third-order valence-corrected chi connectivity index (χ3v) is 8.62. The zero-order valence-corrected chi connectivity index (χ0v) is 25.6. The molecule has 48 heavy (non-hydrogen) atoms. The van der Waals surface area contributed by atoms with E-state index in [0.717, 1.165) is 66.2 Å². The van der Waals surface area contributed by atoms with Gasteiger partial charge in [0, 0.05) is 33.0 Å². The molecular formula is C41H26N6O. The first-order valence-corrected chi connectivity index (χ1v) is 15.6. The van der Waals surface area contributed by atoms with Gasteiger partial charge in [-0.3, -0.25) is 10.8 Å². The van der Waals surface area contributed by atoms with Crippen LogP contribution < -0.4 is 5.43 Å². The van der Waals surface area contributed by atoms with E-state index in [9.17, 15) is 0 Å². The summed E-state index contributed by atoms with van der Waals surface area (Å²) in [7, 11) is 0. The Morgan fingerprint density at radius 2 is 1.19 bits per heavy atom. The highest BCUT2D eigenvalue weighted by Gasteiger charge is 2.20. The van der Waals surface area contributed by atoms with Crippen LogP contribution in [-0.4, -0.2) is 26.4 Å². The molecule has 0 saturated heterocycles. The highest BCUT2D eigenvalue weighted by molar-refractivity contribution is 6.55. The number of anilines is 1. The van der Waals surface area contributed by atoms with Gasteiger partial charge in [-0.2, -0.15) is 5.10 Å². The van der Waals surface area contributed by atoms with Gasteiger partial charge in [-0.05, 0) is 58.8 Å². The molecule has 2 N–H and O–H groups in total. The molecule has 0 aliphatic heterocycles. The molecule has 226 valence electrons. The molecule has 1 aliphatic carbocycles. The summed E-state index contributed by atoms with van der Waals surface area (Å²) in [6.07, 6.45) is 3.89. The Hall–Kier alpha value is -6.73. The van der Waals surface area contributed by atoms with E-state index >= 15 is 0 Å². The van der Waals surface area contributed by atoms with Crippen LogP contribution in [0.3, 0.4) is 0 Å². The number of benzene rings is 6. The lowest BCUT2D eigenvalue weighted by atomic mass is 9.89. The zero-order chi connectivity index (χ0) is 32.0. The number of hydrogen-bond donors (Lipinski definition) is 2. The van der Waals surface area contributed by atoms with E-state index < -0.39 is 0 Å². The minimum absolute atomic E-state index is 0.365. The molecule has 9 rings (SSSR count).